The van der Waals surface area contributed by atoms with E-state index in [1.807, 2.05) is 13.8 Å². The highest BCUT2D eigenvalue weighted by Gasteiger charge is 2.35. The molecule has 1 amide bonds. The van der Waals surface area contributed by atoms with Gasteiger partial charge < -0.3 is 24.8 Å². The van der Waals surface area contributed by atoms with Crippen molar-refractivity contribution < 1.29 is 23.8 Å². The number of methoxy groups -OCH3 is 1. The van der Waals surface area contributed by atoms with Crippen molar-refractivity contribution in [3.63, 3.8) is 0 Å². The molecule has 1 fully saturated rings. The number of amides is 1. The number of ether oxygens (including phenoxy) is 2. The molecule has 0 aliphatic carbocycles. The Morgan fingerprint density at radius 1 is 1.34 bits per heavy atom. The number of hydrogen-bond acceptors (Lipinski definition) is 6. The topological polar surface area (TPSA) is 83.9 Å². The smallest absolute Gasteiger partial charge is 0.273 e. The Hall–Kier alpha value is -1.71. The molecule has 1 aliphatic heterocycles. The predicted molar refractivity (Wildman–Crippen MR) is 127 cm³/mol. The number of fused-ring (bicyclic) bond motifs is 1. The Labute approximate surface area is 200 Å². The normalized spacial score (nSPS) is 18.1. The average molecular weight is 492 g/mol. The van der Waals surface area contributed by atoms with Crippen LogP contribution in [0.4, 0.5) is 4.39 Å². The van der Waals surface area contributed by atoms with Crippen molar-refractivity contribution in [1.82, 2.24) is 15.2 Å². The molecule has 32 heavy (non-hydrogen) atoms. The highest BCUT2D eigenvalue weighted by molar-refractivity contribution is 5.97. The number of para-hydroxylation sites is 1. The fourth-order valence-corrected chi connectivity index (χ4v) is 3.81. The highest BCUT2D eigenvalue weighted by atomic mass is 35.5. The summed E-state index contributed by atoms with van der Waals surface area (Å²) < 4.78 is 25.4. The molecule has 180 valence electrons. The van der Waals surface area contributed by atoms with E-state index in [1.54, 1.807) is 30.2 Å². The first-order chi connectivity index (χ1) is 14.4. The van der Waals surface area contributed by atoms with Gasteiger partial charge in [-0.15, -0.1) is 24.8 Å². The van der Waals surface area contributed by atoms with Gasteiger partial charge in [0.25, 0.3) is 5.91 Å². The fourth-order valence-electron chi connectivity index (χ4n) is 3.81. The molecular weight excluding hydrogens is 460 g/mol. The third-order valence-electron chi connectivity index (χ3n) is 5.28. The first-order valence-corrected chi connectivity index (χ1v) is 10.4. The van der Waals surface area contributed by atoms with Crippen molar-refractivity contribution >= 4 is 41.6 Å². The molecule has 0 bridgehead atoms. The molecule has 1 saturated heterocycles. The summed E-state index contributed by atoms with van der Waals surface area (Å²) in [4.78, 5) is 19.4. The van der Waals surface area contributed by atoms with E-state index < -0.39 is 11.9 Å². The lowest BCUT2D eigenvalue weighted by Crippen LogP contribution is -2.58. The van der Waals surface area contributed by atoms with Crippen molar-refractivity contribution in [1.29, 1.82) is 0 Å². The lowest BCUT2D eigenvalue weighted by molar-refractivity contribution is 0.0128. The van der Waals surface area contributed by atoms with Gasteiger partial charge in [0.2, 0.25) is 0 Å². The number of halogens is 3. The number of nitrogens with zero attached hydrogens (tertiary/aromatic N) is 2. The summed E-state index contributed by atoms with van der Waals surface area (Å²) in [5.41, 5.74) is 0.192. The van der Waals surface area contributed by atoms with Crippen LogP contribution in [0.2, 0.25) is 0 Å². The second-order valence-electron chi connectivity index (χ2n) is 7.77. The first kappa shape index (κ1) is 28.3. The molecular formula is C22H32Cl2FN3O4. The summed E-state index contributed by atoms with van der Waals surface area (Å²) in [7, 11) is 1.61. The number of carbonyl (C=O) groups excluding carboxylic acids is 1. The molecule has 2 atom stereocenters. The molecule has 2 aromatic rings. The van der Waals surface area contributed by atoms with Crippen molar-refractivity contribution in [2.75, 3.05) is 33.4 Å². The van der Waals surface area contributed by atoms with Gasteiger partial charge >= 0.3 is 0 Å². The van der Waals surface area contributed by atoms with Crippen LogP contribution >= 0.6 is 24.8 Å². The third-order valence-corrected chi connectivity index (χ3v) is 5.28. The summed E-state index contributed by atoms with van der Waals surface area (Å²) in [6.07, 6.45) is 0.603. The summed E-state index contributed by atoms with van der Waals surface area (Å²) in [5, 5.41) is 14.2. The number of pyridine rings is 1. The Kier molecular flexibility index (Phi) is 11.6. The Balaban J connectivity index is 0.00000256. The second kappa shape index (κ2) is 13.1. The van der Waals surface area contributed by atoms with Crippen LogP contribution in [0, 0.1) is 5.82 Å². The molecule has 0 saturated carbocycles. The summed E-state index contributed by atoms with van der Waals surface area (Å²) in [5.74, 6) is -0.464. The minimum absolute atomic E-state index is 0. The van der Waals surface area contributed by atoms with Gasteiger partial charge in [-0.25, -0.2) is 9.37 Å². The Morgan fingerprint density at radius 2 is 2.09 bits per heavy atom. The molecule has 3 rings (SSSR count). The number of aliphatic hydroxyl groups is 1. The van der Waals surface area contributed by atoms with Crippen LogP contribution in [0.25, 0.3) is 10.9 Å². The lowest BCUT2D eigenvalue weighted by atomic mass is 10.00. The van der Waals surface area contributed by atoms with E-state index in [0.29, 0.717) is 50.3 Å². The van der Waals surface area contributed by atoms with E-state index >= 15 is 0 Å². The Bertz CT molecular complexity index is 888. The monoisotopic (exact) mass is 491 g/mol. The van der Waals surface area contributed by atoms with E-state index in [2.05, 4.69) is 10.3 Å². The summed E-state index contributed by atoms with van der Waals surface area (Å²) in [6, 6.07) is 5.65. The number of aromatic nitrogens is 1. The maximum atomic E-state index is 14.5. The van der Waals surface area contributed by atoms with Gasteiger partial charge in [-0.3, -0.25) is 4.79 Å². The SMILES string of the molecule is COCCCOc1cc(C(=O)N(C(C)C)C2CNCC[C@@H]2O)nc2c(F)cccc12.Cl.Cl. The van der Waals surface area contributed by atoms with Crippen LogP contribution in [0.5, 0.6) is 5.75 Å². The number of rotatable bonds is 8. The standard InChI is InChI=1S/C22H30FN3O4.2ClH/c1-14(2)26(18-13-24-9-8-19(18)27)22(28)17-12-20(30-11-5-10-29-3)15-6-4-7-16(23)21(15)25-17;;/h4,6-7,12,14,18-19,24,27H,5,8-11,13H2,1-3H3;2*1H/t18?,19-;;/m0../s1. The van der Waals surface area contributed by atoms with Gasteiger partial charge in [-0.2, -0.15) is 0 Å². The number of benzene rings is 1. The summed E-state index contributed by atoms with van der Waals surface area (Å²) in [6.45, 7) is 5.89. The predicted octanol–water partition coefficient (Wildman–Crippen LogP) is 3.21. The van der Waals surface area contributed by atoms with Gasteiger partial charge in [0.15, 0.2) is 0 Å². The van der Waals surface area contributed by atoms with E-state index in [4.69, 9.17) is 9.47 Å². The molecule has 1 aromatic carbocycles. The Morgan fingerprint density at radius 3 is 2.75 bits per heavy atom. The number of aliphatic hydroxyl groups excluding tert-OH is 1. The summed E-state index contributed by atoms with van der Waals surface area (Å²) >= 11 is 0. The molecule has 10 heteroatoms. The fraction of sp³-hybridized carbons (Fsp3) is 0.545. The van der Waals surface area contributed by atoms with Crippen molar-refractivity contribution in [3.05, 3.63) is 35.8 Å². The lowest BCUT2D eigenvalue weighted by Gasteiger charge is -2.40. The zero-order valence-corrected chi connectivity index (χ0v) is 20.2. The molecule has 1 aromatic heterocycles. The van der Waals surface area contributed by atoms with Crippen molar-refractivity contribution in [2.24, 2.45) is 0 Å². The maximum absolute atomic E-state index is 14.5. The first-order valence-electron chi connectivity index (χ1n) is 10.4. The van der Waals surface area contributed by atoms with Gasteiger partial charge in [0.05, 0.1) is 18.8 Å². The van der Waals surface area contributed by atoms with E-state index in [-0.39, 0.29) is 54.0 Å². The average Bonchev–Trinajstić information content (AvgIpc) is 2.72. The second-order valence-corrected chi connectivity index (χ2v) is 7.77. The van der Waals surface area contributed by atoms with Gasteiger partial charge in [-0.1, -0.05) is 6.07 Å². The van der Waals surface area contributed by atoms with Crippen LogP contribution in [0.15, 0.2) is 24.3 Å². The van der Waals surface area contributed by atoms with E-state index in [0.717, 1.165) is 0 Å². The molecule has 2 N–H and O–H groups in total. The zero-order chi connectivity index (χ0) is 21.7. The molecule has 0 spiro atoms. The van der Waals surface area contributed by atoms with Gasteiger partial charge in [-0.05, 0) is 38.9 Å². The van der Waals surface area contributed by atoms with Crippen LogP contribution in [0.3, 0.4) is 0 Å². The number of hydrogen-bond donors (Lipinski definition) is 2. The minimum atomic E-state index is -0.625. The maximum Gasteiger partial charge on any atom is 0.273 e. The largest absolute Gasteiger partial charge is 0.493 e. The van der Waals surface area contributed by atoms with Crippen LogP contribution in [0.1, 0.15) is 37.2 Å². The molecule has 1 aliphatic rings. The van der Waals surface area contributed by atoms with Crippen molar-refractivity contribution in [2.45, 2.75) is 44.9 Å². The number of carbonyl (C=O) groups is 1. The van der Waals surface area contributed by atoms with Gasteiger partial charge in [0, 0.05) is 44.2 Å². The number of piperidine rings is 1. The van der Waals surface area contributed by atoms with E-state index in [1.165, 1.54) is 6.07 Å². The van der Waals surface area contributed by atoms with Crippen LogP contribution in [-0.4, -0.2) is 72.5 Å². The molecule has 7 nitrogen and oxygen atoms in total. The molecule has 1 unspecified atom stereocenters. The molecule has 2 heterocycles. The van der Waals surface area contributed by atoms with Crippen molar-refractivity contribution in [3.8, 4) is 5.75 Å². The zero-order valence-electron chi connectivity index (χ0n) is 18.5. The third kappa shape index (κ3) is 6.42. The quantitative estimate of drug-likeness (QED) is 0.551. The minimum Gasteiger partial charge on any atom is -0.493 e. The van der Waals surface area contributed by atoms with Crippen LogP contribution < -0.4 is 10.1 Å². The number of nitrogens with one attached hydrogen (secondary N) is 1. The van der Waals surface area contributed by atoms with Crippen LogP contribution in [-0.2, 0) is 4.74 Å². The van der Waals surface area contributed by atoms with E-state index in [9.17, 15) is 14.3 Å². The highest BCUT2D eigenvalue weighted by Crippen LogP contribution is 2.29. The van der Waals surface area contributed by atoms with Gasteiger partial charge in [0.1, 0.15) is 22.8 Å². The molecule has 0 radical (unpaired) electrons.